The number of nitrogens with zero attached hydrogens (tertiary/aromatic N) is 2. The first-order chi connectivity index (χ1) is 14.4. The normalized spacial score (nSPS) is 16.2. The molecule has 0 saturated carbocycles. The van der Waals surface area contributed by atoms with Gasteiger partial charge in [0.05, 0.1) is 23.3 Å². The SMILES string of the molecule is COC(=O)c1ccc(N=C2S/C(=C\c3ccc(OCC(N)=O)cc3)C(=O)N2C)cc1. The molecule has 1 fully saturated rings. The molecule has 0 bridgehead atoms. The van der Waals surface area contributed by atoms with Crippen LogP contribution in [-0.2, 0) is 14.3 Å². The van der Waals surface area contributed by atoms with Gasteiger partial charge >= 0.3 is 5.97 Å². The molecular weight excluding hydrogens is 406 g/mol. The molecule has 0 aromatic heterocycles. The van der Waals surface area contributed by atoms with Crippen LogP contribution < -0.4 is 10.5 Å². The van der Waals surface area contributed by atoms with Crippen molar-refractivity contribution in [1.29, 1.82) is 0 Å². The molecule has 154 valence electrons. The lowest BCUT2D eigenvalue weighted by molar-refractivity contribution is -0.121. The zero-order chi connectivity index (χ0) is 21.7. The third-order valence-corrected chi connectivity index (χ3v) is 5.14. The van der Waals surface area contributed by atoms with Crippen molar-refractivity contribution in [3.8, 4) is 5.75 Å². The van der Waals surface area contributed by atoms with Gasteiger partial charge in [-0.1, -0.05) is 12.1 Å². The van der Waals surface area contributed by atoms with Crippen LogP contribution in [0.25, 0.3) is 6.08 Å². The van der Waals surface area contributed by atoms with Crippen LogP contribution in [0.1, 0.15) is 15.9 Å². The lowest BCUT2D eigenvalue weighted by Gasteiger charge is -2.07. The quantitative estimate of drug-likeness (QED) is 0.562. The number of hydrogen-bond donors (Lipinski definition) is 1. The number of carbonyl (C=O) groups excluding carboxylic acids is 3. The third-order valence-electron chi connectivity index (χ3n) is 4.08. The molecule has 0 radical (unpaired) electrons. The fourth-order valence-electron chi connectivity index (χ4n) is 2.52. The predicted octanol–water partition coefficient (Wildman–Crippen LogP) is 2.57. The van der Waals surface area contributed by atoms with E-state index in [4.69, 9.17) is 10.5 Å². The predicted molar refractivity (Wildman–Crippen MR) is 114 cm³/mol. The summed E-state index contributed by atoms with van der Waals surface area (Å²) >= 11 is 1.25. The molecule has 2 aromatic carbocycles. The molecule has 2 amide bonds. The second-order valence-electron chi connectivity index (χ2n) is 6.23. The number of amides is 2. The van der Waals surface area contributed by atoms with Gasteiger partial charge in [0, 0.05) is 7.05 Å². The van der Waals surface area contributed by atoms with E-state index in [-0.39, 0.29) is 12.5 Å². The highest BCUT2D eigenvalue weighted by Crippen LogP contribution is 2.33. The van der Waals surface area contributed by atoms with Crippen molar-refractivity contribution in [3.05, 3.63) is 64.6 Å². The molecule has 0 aliphatic carbocycles. The summed E-state index contributed by atoms with van der Waals surface area (Å²) in [7, 11) is 2.97. The summed E-state index contributed by atoms with van der Waals surface area (Å²) in [5.74, 6) is -0.632. The van der Waals surface area contributed by atoms with Crippen molar-refractivity contribution in [3.63, 3.8) is 0 Å². The van der Waals surface area contributed by atoms with Crippen LogP contribution in [0.3, 0.4) is 0 Å². The molecule has 9 heteroatoms. The molecule has 1 aliphatic rings. The fraction of sp³-hybridized carbons (Fsp3) is 0.143. The first-order valence-corrected chi connectivity index (χ1v) is 9.65. The average molecular weight is 425 g/mol. The highest BCUT2D eigenvalue weighted by atomic mass is 32.2. The highest BCUT2D eigenvalue weighted by molar-refractivity contribution is 8.18. The summed E-state index contributed by atoms with van der Waals surface area (Å²) in [5, 5.41) is 0.526. The smallest absolute Gasteiger partial charge is 0.337 e. The van der Waals surface area contributed by atoms with Crippen molar-refractivity contribution < 1.29 is 23.9 Å². The monoisotopic (exact) mass is 425 g/mol. The van der Waals surface area contributed by atoms with Crippen LogP contribution in [0.2, 0.25) is 0 Å². The molecule has 0 spiro atoms. The summed E-state index contributed by atoms with van der Waals surface area (Å²) in [6.45, 7) is -0.194. The van der Waals surface area contributed by atoms with Gasteiger partial charge in [0.15, 0.2) is 11.8 Å². The molecule has 1 saturated heterocycles. The molecule has 8 nitrogen and oxygen atoms in total. The van der Waals surface area contributed by atoms with E-state index >= 15 is 0 Å². The van der Waals surface area contributed by atoms with Gasteiger partial charge in [0.25, 0.3) is 11.8 Å². The number of aliphatic imine (C=N–C) groups is 1. The number of methoxy groups -OCH3 is 1. The Labute approximate surface area is 177 Å². The van der Waals surface area contributed by atoms with E-state index in [2.05, 4.69) is 9.73 Å². The van der Waals surface area contributed by atoms with Gasteiger partial charge in [-0.05, 0) is 59.8 Å². The van der Waals surface area contributed by atoms with Crippen molar-refractivity contribution in [2.24, 2.45) is 10.7 Å². The Balaban J connectivity index is 1.74. The van der Waals surface area contributed by atoms with E-state index in [0.29, 0.717) is 27.1 Å². The second kappa shape index (κ2) is 9.27. The van der Waals surface area contributed by atoms with E-state index in [9.17, 15) is 14.4 Å². The number of primary amides is 1. The Morgan fingerprint density at radius 2 is 1.80 bits per heavy atom. The minimum absolute atomic E-state index is 0.168. The van der Waals surface area contributed by atoms with Crippen LogP contribution >= 0.6 is 11.8 Å². The maximum atomic E-state index is 12.6. The number of amidine groups is 1. The van der Waals surface area contributed by atoms with Gasteiger partial charge in [0.2, 0.25) is 0 Å². The summed E-state index contributed by atoms with van der Waals surface area (Å²) in [6.07, 6.45) is 1.75. The van der Waals surface area contributed by atoms with E-state index in [0.717, 1.165) is 5.56 Å². The van der Waals surface area contributed by atoms with Crippen molar-refractivity contribution >= 4 is 46.5 Å². The molecule has 1 heterocycles. The van der Waals surface area contributed by atoms with E-state index < -0.39 is 11.9 Å². The average Bonchev–Trinajstić information content (AvgIpc) is 3.01. The Morgan fingerprint density at radius 3 is 2.40 bits per heavy atom. The minimum atomic E-state index is -0.552. The molecule has 30 heavy (non-hydrogen) atoms. The van der Waals surface area contributed by atoms with Crippen LogP contribution in [-0.4, -0.2) is 48.6 Å². The van der Waals surface area contributed by atoms with Gasteiger partial charge in [-0.3, -0.25) is 14.5 Å². The van der Waals surface area contributed by atoms with Crippen LogP contribution in [0.5, 0.6) is 5.75 Å². The Morgan fingerprint density at radius 1 is 1.13 bits per heavy atom. The van der Waals surface area contributed by atoms with Crippen molar-refractivity contribution in [1.82, 2.24) is 4.90 Å². The number of likely N-dealkylation sites (N-methyl/N-ethyl adjacent to an activating group) is 1. The Bertz CT molecular complexity index is 1030. The standard InChI is InChI=1S/C21H19N3O5S/c1-24-19(26)17(11-13-3-9-16(10-4-13)29-12-18(22)25)30-21(24)23-15-7-5-14(6-8-15)20(27)28-2/h3-11H,12H2,1-2H3,(H2,22,25)/b17-11-,23-21?. The number of benzene rings is 2. The van der Waals surface area contributed by atoms with Gasteiger partial charge < -0.3 is 15.2 Å². The van der Waals surface area contributed by atoms with Gasteiger partial charge in [0.1, 0.15) is 5.75 Å². The Kier molecular flexibility index (Phi) is 6.53. The van der Waals surface area contributed by atoms with Crippen LogP contribution in [0.4, 0.5) is 5.69 Å². The van der Waals surface area contributed by atoms with Gasteiger partial charge in [-0.2, -0.15) is 0 Å². The molecule has 1 aliphatic heterocycles. The number of hydrogen-bond acceptors (Lipinski definition) is 7. The zero-order valence-electron chi connectivity index (χ0n) is 16.3. The van der Waals surface area contributed by atoms with E-state index in [1.54, 1.807) is 61.7 Å². The van der Waals surface area contributed by atoms with Gasteiger partial charge in [-0.15, -0.1) is 0 Å². The number of rotatable bonds is 6. The lowest BCUT2D eigenvalue weighted by Crippen LogP contribution is -2.23. The fourth-order valence-corrected chi connectivity index (χ4v) is 3.50. The largest absolute Gasteiger partial charge is 0.484 e. The third kappa shape index (κ3) is 5.06. The number of carbonyl (C=O) groups is 3. The molecule has 3 rings (SSSR count). The number of esters is 1. The number of nitrogens with two attached hydrogens (primary N) is 1. The van der Waals surface area contributed by atoms with Crippen LogP contribution in [0, 0.1) is 0 Å². The molecule has 2 aromatic rings. The molecule has 0 atom stereocenters. The Hall–Kier alpha value is -3.59. The van der Waals surface area contributed by atoms with Gasteiger partial charge in [-0.25, -0.2) is 9.79 Å². The van der Waals surface area contributed by atoms with E-state index in [1.807, 2.05) is 0 Å². The first-order valence-electron chi connectivity index (χ1n) is 8.83. The highest BCUT2D eigenvalue weighted by Gasteiger charge is 2.30. The molecular formula is C21H19N3O5S. The lowest BCUT2D eigenvalue weighted by atomic mass is 10.2. The number of thioether (sulfide) groups is 1. The summed E-state index contributed by atoms with van der Waals surface area (Å²) in [6, 6.07) is 13.5. The van der Waals surface area contributed by atoms with Crippen molar-refractivity contribution in [2.45, 2.75) is 0 Å². The molecule has 2 N–H and O–H groups in total. The van der Waals surface area contributed by atoms with Crippen molar-refractivity contribution in [2.75, 3.05) is 20.8 Å². The van der Waals surface area contributed by atoms with E-state index in [1.165, 1.54) is 23.8 Å². The minimum Gasteiger partial charge on any atom is -0.484 e. The summed E-state index contributed by atoms with van der Waals surface area (Å²) in [4.78, 5) is 41.3. The summed E-state index contributed by atoms with van der Waals surface area (Å²) < 4.78 is 9.90. The maximum Gasteiger partial charge on any atom is 0.337 e. The number of ether oxygens (including phenoxy) is 2. The summed E-state index contributed by atoms with van der Waals surface area (Å²) in [5.41, 5.74) is 6.89. The molecule has 0 unspecified atom stereocenters. The zero-order valence-corrected chi connectivity index (χ0v) is 17.1. The topological polar surface area (TPSA) is 111 Å². The first kappa shape index (κ1) is 21.1. The second-order valence-corrected chi connectivity index (χ2v) is 7.24. The maximum absolute atomic E-state index is 12.6. The van der Waals surface area contributed by atoms with Crippen LogP contribution in [0.15, 0.2) is 58.4 Å².